The van der Waals surface area contributed by atoms with Crippen LogP contribution >= 0.6 is 0 Å². The molecular weight excluding hydrogens is 332 g/mol. The van der Waals surface area contributed by atoms with E-state index < -0.39 is 23.1 Å². The summed E-state index contributed by atoms with van der Waals surface area (Å²) < 4.78 is 26.3. The van der Waals surface area contributed by atoms with E-state index >= 15 is 0 Å². The van der Waals surface area contributed by atoms with Crippen molar-refractivity contribution in [2.45, 2.75) is 31.9 Å². The number of carbonyl (C=O) groups is 2. The Morgan fingerprint density at radius 2 is 2.08 bits per heavy atom. The molecule has 1 unspecified atom stereocenters. The molecule has 0 saturated carbocycles. The Kier molecular flexibility index (Phi) is 6.44. The zero-order valence-electron chi connectivity index (χ0n) is 14.1. The summed E-state index contributed by atoms with van der Waals surface area (Å²) in [6.45, 7) is 2.88. The van der Waals surface area contributed by atoms with Gasteiger partial charge in [-0.1, -0.05) is 6.07 Å². The maximum atomic E-state index is 13.3. The SMILES string of the molecule is CC(=O)NCCNCC1(O)CCCN(Cc2ccc(F)c(F)c2)C1=O. The van der Waals surface area contributed by atoms with E-state index in [1.54, 1.807) is 0 Å². The maximum absolute atomic E-state index is 13.3. The number of aliphatic hydroxyl groups is 1. The Morgan fingerprint density at radius 1 is 1.32 bits per heavy atom. The Labute approximate surface area is 145 Å². The van der Waals surface area contributed by atoms with E-state index in [0.29, 0.717) is 38.0 Å². The molecule has 0 spiro atoms. The monoisotopic (exact) mass is 355 g/mol. The quantitative estimate of drug-likeness (QED) is 0.624. The van der Waals surface area contributed by atoms with Crippen molar-refractivity contribution < 1.29 is 23.5 Å². The molecule has 2 rings (SSSR count). The second-order valence-corrected chi connectivity index (χ2v) is 6.27. The van der Waals surface area contributed by atoms with Crippen molar-refractivity contribution in [2.24, 2.45) is 0 Å². The van der Waals surface area contributed by atoms with Gasteiger partial charge in [0, 0.05) is 39.6 Å². The van der Waals surface area contributed by atoms with Gasteiger partial charge in [-0.05, 0) is 30.5 Å². The average molecular weight is 355 g/mol. The molecule has 1 heterocycles. The molecular formula is C17H23F2N3O3. The minimum atomic E-state index is -1.53. The number of halogens is 2. The highest BCUT2D eigenvalue weighted by Gasteiger charge is 2.41. The molecule has 1 saturated heterocycles. The highest BCUT2D eigenvalue weighted by atomic mass is 19.2. The smallest absolute Gasteiger partial charge is 0.256 e. The van der Waals surface area contributed by atoms with Gasteiger partial charge in [-0.2, -0.15) is 0 Å². The van der Waals surface area contributed by atoms with Gasteiger partial charge in [-0.15, -0.1) is 0 Å². The van der Waals surface area contributed by atoms with Crippen molar-refractivity contribution >= 4 is 11.8 Å². The minimum absolute atomic E-state index is 0.0691. The van der Waals surface area contributed by atoms with Crippen molar-refractivity contribution in [3.63, 3.8) is 0 Å². The first-order valence-corrected chi connectivity index (χ1v) is 8.23. The third kappa shape index (κ3) is 5.20. The summed E-state index contributed by atoms with van der Waals surface area (Å²) in [7, 11) is 0. The van der Waals surface area contributed by atoms with Crippen molar-refractivity contribution in [3.05, 3.63) is 35.4 Å². The Bertz CT molecular complexity index is 642. The second-order valence-electron chi connectivity index (χ2n) is 6.27. The molecule has 1 aliphatic heterocycles. The fraction of sp³-hybridized carbons (Fsp3) is 0.529. The van der Waals surface area contributed by atoms with Crippen LogP contribution in [-0.4, -0.2) is 53.6 Å². The largest absolute Gasteiger partial charge is 0.379 e. The lowest BCUT2D eigenvalue weighted by atomic mass is 9.91. The first-order chi connectivity index (χ1) is 11.8. The third-order valence-electron chi connectivity index (χ3n) is 4.15. The van der Waals surface area contributed by atoms with Gasteiger partial charge in [0.15, 0.2) is 17.2 Å². The molecule has 3 N–H and O–H groups in total. The van der Waals surface area contributed by atoms with Gasteiger partial charge in [0.2, 0.25) is 5.91 Å². The van der Waals surface area contributed by atoms with E-state index in [-0.39, 0.29) is 19.0 Å². The summed E-state index contributed by atoms with van der Waals surface area (Å²) in [4.78, 5) is 24.8. The summed E-state index contributed by atoms with van der Waals surface area (Å²) in [5.74, 6) is -2.48. The van der Waals surface area contributed by atoms with Crippen LogP contribution < -0.4 is 10.6 Å². The lowest BCUT2D eigenvalue weighted by Crippen LogP contribution is -2.58. The van der Waals surface area contributed by atoms with E-state index in [9.17, 15) is 23.5 Å². The summed E-state index contributed by atoms with van der Waals surface area (Å²) in [6, 6.07) is 3.50. The third-order valence-corrected chi connectivity index (χ3v) is 4.15. The van der Waals surface area contributed by atoms with Gasteiger partial charge in [-0.3, -0.25) is 9.59 Å². The van der Waals surface area contributed by atoms with E-state index in [1.807, 2.05) is 0 Å². The molecule has 25 heavy (non-hydrogen) atoms. The topological polar surface area (TPSA) is 81.7 Å². The summed E-state index contributed by atoms with van der Waals surface area (Å²) in [5, 5.41) is 16.2. The van der Waals surface area contributed by atoms with Gasteiger partial charge < -0.3 is 20.6 Å². The number of hydrogen-bond donors (Lipinski definition) is 3. The van der Waals surface area contributed by atoms with Gasteiger partial charge in [-0.25, -0.2) is 8.78 Å². The number of amides is 2. The zero-order chi connectivity index (χ0) is 18.4. The van der Waals surface area contributed by atoms with Crippen LogP contribution in [0.2, 0.25) is 0 Å². The molecule has 1 fully saturated rings. The number of carbonyl (C=O) groups excluding carboxylic acids is 2. The normalized spacial score (nSPS) is 20.6. The lowest BCUT2D eigenvalue weighted by molar-refractivity contribution is -0.157. The van der Waals surface area contributed by atoms with E-state index in [0.717, 1.165) is 12.1 Å². The molecule has 1 atom stereocenters. The van der Waals surface area contributed by atoms with Crippen LogP contribution in [0.5, 0.6) is 0 Å². The van der Waals surface area contributed by atoms with Gasteiger partial charge in [0.05, 0.1) is 0 Å². The number of hydrogen-bond acceptors (Lipinski definition) is 4. The molecule has 138 valence electrons. The minimum Gasteiger partial charge on any atom is -0.379 e. The van der Waals surface area contributed by atoms with E-state index in [1.165, 1.54) is 17.9 Å². The number of benzene rings is 1. The highest BCUT2D eigenvalue weighted by molar-refractivity contribution is 5.86. The van der Waals surface area contributed by atoms with Crippen LogP contribution in [-0.2, 0) is 16.1 Å². The highest BCUT2D eigenvalue weighted by Crippen LogP contribution is 2.24. The molecule has 8 heteroatoms. The Hall–Kier alpha value is -2.06. The predicted octanol–water partition coefficient (Wildman–Crippen LogP) is 0.544. The summed E-state index contributed by atoms with van der Waals surface area (Å²) >= 11 is 0. The summed E-state index contributed by atoms with van der Waals surface area (Å²) in [5.41, 5.74) is -1.07. The predicted molar refractivity (Wildman–Crippen MR) is 87.5 cm³/mol. The lowest BCUT2D eigenvalue weighted by Gasteiger charge is -2.38. The van der Waals surface area contributed by atoms with Crippen LogP contribution in [0.4, 0.5) is 8.78 Å². The van der Waals surface area contributed by atoms with Crippen LogP contribution in [0.1, 0.15) is 25.3 Å². The molecule has 0 bridgehead atoms. The molecule has 0 aliphatic carbocycles. The van der Waals surface area contributed by atoms with E-state index in [4.69, 9.17) is 0 Å². The van der Waals surface area contributed by atoms with Crippen molar-refractivity contribution in [2.75, 3.05) is 26.2 Å². The molecule has 6 nitrogen and oxygen atoms in total. The molecule has 2 amide bonds. The van der Waals surface area contributed by atoms with Crippen LogP contribution in [0, 0.1) is 11.6 Å². The van der Waals surface area contributed by atoms with Crippen molar-refractivity contribution in [3.8, 4) is 0 Å². The van der Waals surface area contributed by atoms with Crippen LogP contribution in [0.25, 0.3) is 0 Å². The standard InChI is InChI=1S/C17H23F2N3O3/c1-12(23)21-7-6-20-11-17(25)5-2-8-22(16(17)24)10-13-3-4-14(18)15(19)9-13/h3-4,9,20,25H,2,5-8,10-11H2,1H3,(H,21,23). The Balaban J connectivity index is 1.92. The number of nitrogens with one attached hydrogen (secondary N) is 2. The number of piperidine rings is 1. The number of likely N-dealkylation sites (tertiary alicyclic amines) is 1. The van der Waals surface area contributed by atoms with E-state index in [2.05, 4.69) is 10.6 Å². The molecule has 0 radical (unpaired) electrons. The zero-order valence-corrected chi connectivity index (χ0v) is 14.1. The Morgan fingerprint density at radius 3 is 2.76 bits per heavy atom. The van der Waals surface area contributed by atoms with Crippen molar-refractivity contribution in [1.29, 1.82) is 0 Å². The molecule has 1 aromatic rings. The van der Waals surface area contributed by atoms with Crippen LogP contribution in [0.3, 0.4) is 0 Å². The first-order valence-electron chi connectivity index (χ1n) is 8.23. The molecule has 1 aromatic carbocycles. The molecule has 1 aliphatic rings. The van der Waals surface area contributed by atoms with Gasteiger partial charge in [0.1, 0.15) is 0 Å². The van der Waals surface area contributed by atoms with Gasteiger partial charge >= 0.3 is 0 Å². The number of rotatable bonds is 7. The molecule has 0 aromatic heterocycles. The van der Waals surface area contributed by atoms with Crippen molar-refractivity contribution in [1.82, 2.24) is 15.5 Å². The fourth-order valence-corrected chi connectivity index (χ4v) is 2.86. The van der Waals surface area contributed by atoms with Gasteiger partial charge in [0.25, 0.3) is 5.91 Å². The second kappa shape index (κ2) is 8.35. The maximum Gasteiger partial charge on any atom is 0.256 e. The summed E-state index contributed by atoms with van der Waals surface area (Å²) in [6.07, 6.45) is 0.937. The fourth-order valence-electron chi connectivity index (χ4n) is 2.86. The van der Waals surface area contributed by atoms with Crippen LogP contribution in [0.15, 0.2) is 18.2 Å². The number of nitrogens with zero attached hydrogens (tertiary/aromatic N) is 1. The first kappa shape index (κ1) is 19.3. The average Bonchev–Trinajstić information content (AvgIpc) is 2.55.